The second-order valence-corrected chi connectivity index (χ2v) is 11.0. The number of carbonyl (C=O) groups excluding carboxylic acids is 3. The molecule has 264 valence electrons. The van der Waals surface area contributed by atoms with Crippen LogP contribution in [0.15, 0.2) is 53.6 Å². The lowest BCUT2D eigenvalue weighted by atomic mass is 9.98. The monoisotopic (exact) mass is 701 g/mol. The van der Waals surface area contributed by atoms with Gasteiger partial charge in [-0.1, -0.05) is 73.5 Å². The Morgan fingerprint density at radius 3 is 2.47 bits per heavy atom. The first-order valence-corrected chi connectivity index (χ1v) is 16.0. The number of aromatic nitrogens is 2. The van der Waals surface area contributed by atoms with Crippen LogP contribution in [0.25, 0.3) is 11.1 Å². The fourth-order valence-electron chi connectivity index (χ4n) is 4.66. The van der Waals surface area contributed by atoms with E-state index in [0.29, 0.717) is 35.8 Å². The van der Waals surface area contributed by atoms with Crippen LogP contribution < -0.4 is 11.6 Å². The van der Waals surface area contributed by atoms with Gasteiger partial charge in [0.05, 0.1) is 13.2 Å². The van der Waals surface area contributed by atoms with Crippen molar-refractivity contribution in [2.45, 2.75) is 72.1 Å². The predicted molar refractivity (Wildman–Crippen MR) is 178 cm³/mol. The number of rotatable bonds is 18. The van der Waals surface area contributed by atoms with Crippen molar-refractivity contribution in [3.8, 4) is 11.1 Å². The first-order chi connectivity index (χ1) is 23.4. The zero-order chi connectivity index (χ0) is 35.9. The average molecular weight is 702 g/mol. The van der Waals surface area contributed by atoms with Crippen LogP contribution in [0.3, 0.4) is 0 Å². The number of esters is 1. The van der Waals surface area contributed by atoms with Gasteiger partial charge in [-0.2, -0.15) is 5.12 Å². The zero-order valence-corrected chi connectivity index (χ0v) is 28.3. The lowest BCUT2D eigenvalue weighted by molar-refractivity contribution is -0.757. The number of benzene rings is 2. The largest absolute Gasteiger partial charge is 0.511 e. The molecule has 2 aromatic carbocycles. The Labute approximate surface area is 288 Å². The normalized spacial score (nSPS) is 11.8. The first-order valence-electron chi connectivity index (χ1n) is 15.6. The maximum Gasteiger partial charge on any atom is 0.511 e. The van der Waals surface area contributed by atoms with Gasteiger partial charge in [-0.3, -0.25) is 4.79 Å². The van der Waals surface area contributed by atoms with E-state index in [1.54, 1.807) is 23.6 Å². The third-order valence-corrected chi connectivity index (χ3v) is 7.27. The maximum absolute atomic E-state index is 13.2. The number of hydrogen-bond donors (Lipinski definition) is 2. The highest BCUT2D eigenvalue weighted by molar-refractivity contribution is 6.32. The highest BCUT2D eigenvalue weighted by Gasteiger charge is 2.26. The summed E-state index contributed by atoms with van der Waals surface area (Å²) >= 11 is 6.44. The van der Waals surface area contributed by atoms with E-state index in [4.69, 9.17) is 37.4 Å². The molecule has 0 fully saturated rings. The number of amidine groups is 1. The molecule has 1 atom stereocenters. The number of imidazole rings is 1. The van der Waals surface area contributed by atoms with E-state index in [0.717, 1.165) is 29.5 Å². The Bertz CT molecular complexity index is 1630. The molecule has 3 aromatic rings. The highest BCUT2D eigenvalue weighted by atomic mass is 35.5. The summed E-state index contributed by atoms with van der Waals surface area (Å²) < 4.78 is 16.7. The predicted octanol–water partition coefficient (Wildman–Crippen LogP) is 4.97. The van der Waals surface area contributed by atoms with Crippen LogP contribution in [0.5, 0.6) is 0 Å². The van der Waals surface area contributed by atoms with Gasteiger partial charge in [0.15, 0.2) is 16.7 Å². The number of nitrogens with two attached hydrogens (primary N) is 2. The van der Waals surface area contributed by atoms with E-state index < -0.39 is 29.4 Å². The first kappa shape index (κ1) is 38.2. The minimum atomic E-state index is -1.23. The summed E-state index contributed by atoms with van der Waals surface area (Å²) in [6.45, 7) is 5.27. The molecule has 4 N–H and O–H groups in total. The van der Waals surface area contributed by atoms with Gasteiger partial charge in [-0.25, -0.2) is 20.4 Å². The van der Waals surface area contributed by atoms with Gasteiger partial charge in [0.2, 0.25) is 6.29 Å². The third-order valence-electron chi connectivity index (χ3n) is 7.01. The van der Waals surface area contributed by atoms with Crippen molar-refractivity contribution in [2.75, 3.05) is 13.2 Å². The molecule has 49 heavy (non-hydrogen) atoms. The molecule has 0 bridgehead atoms. The Hall–Kier alpha value is -5.22. The fourth-order valence-corrected chi connectivity index (χ4v) is 4.94. The SMILES string of the molecule is CCCCc1nc(Cl)c(C(=O)OC(C)OC(=O)OCC)n1Cc1ccc(-c2ccccc2/C(N)=N/N(N)C(=O)CCCCO[N+](=O)[O-])cc1. The average Bonchev–Trinajstić information content (AvgIpc) is 3.37. The summed E-state index contributed by atoms with van der Waals surface area (Å²) in [4.78, 5) is 56.2. The van der Waals surface area contributed by atoms with Gasteiger partial charge in [-0.15, -0.1) is 15.2 Å². The molecule has 1 amide bonds. The van der Waals surface area contributed by atoms with Crippen molar-refractivity contribution < 1.29 is 38.5 Å². The fraction of sp³-hybridized carbons (Fsp3) is 0.406. The molecule has 1 aromatic heterocycles. The van der Waals surface area contributed by atoms with Crippen LogP contribution in [0.2, 0.25) is 5.15 Å². The summed E-state index contributed by atoms with van der Waals surface area (Å²) in [6.07, 6.45) is 0.690. The van der Waals surface area contributed by atoms with E-state index in [-0.39, 0.29) is 42.9 Å². The van der Waals surface area contributed by atoms with Crippen LogP contribution in [0.4, 0.5) is 4.79 Å². The number of aryl methyl sites for hydroxylation is 1. The van der Waals surface area contributed by atoms with Gasteiger partial charge in [0.25, 0.3) is 11.0 Å². The van der Waals surface area contributed by atoms with Gasteiger partial charge in [-0.05, 0) is 42.9 Å². The Balaban J connectivity index is 1.79. The van der Waals surface area contributed by atoms with Gasteiger partial charge < -0.3 is 29.3 Å². The van der Waals surface area contributed by atoms with Crippen LogP contribution in [-0.4, -0.2) is 63.1 Å². The van der Waals surface area contributed by atoms with Crippen LogP contribution >= 0.6 is 11.6 Å². The van der Waals surface area contributed by atoms with E-state index in [9.17, 15) is 24.5 Å². The summed E-state index contributed by atoms with van der Waals surface area (Å²) in [7, 11) is 0. The number of hydrazone groups is 1. The quantitative estimate of drug-likeness (QED) is 0.0207. The molecule has 16 nitrogen and oxygen atoms in total. The van der Waals surface area contributed by atoms with Gasteiger partial charge >= 0.3 is 12.1 Å². The second kappa shape index (κ2) is 18.9. The zero-order valence-electron chi connectivity index (χ0n) is 27.5. The van der Waals surface area contributed by atoms with Crippen molar-refractivity contribution >= 4 is 35.5 Å². The molecule has 1 unspecified atom stereocenters. The molecule has 3 rings (SSSR count). The van der Waals surface area contributed by atoms with Crippen molar-refractivity contribution in [3.63, 3.8) is 0 Å². The summed E-state index contributed by atoms with van der Waals surface area (Å²) in [5.74, 6) is 5.11. The molecule has 0 aliphatic rings. The van der Waals surface area contributed by atoms with Crippen LogP contribution in [-0.2, 0) is 36.8 Å². The molecule has 0 saturated carbocycles. The number of hydrazine groups is 1. The molecule has 0 aliphatic carbocycles. The van der Waals surface area contributed by atoms with Crippen LogP contribution in [0.1, 0.15) is 80.3 Å². The number of ether oxygens (including phenoxy) is 3. The Kier molecular flexibility index (Phi) is 14.8. The van der Waals surface area contributed by atoms with Crippen LogP contribution in [0, 0.1) is 10.1 Å². The smallest absolute Gasteiger partial charge is 0.435 e. The number of hydrogen-bond acceptors (Lipinski definition) is 12. The Morgan fingerprint density at radius 1 is 1.08 bits per heavy atom. The number of halogens is 1. The number of nitrogens with zero attached hydrogens (tertiary/aromatic N) is 5. The van der Waals surface area contributed by atoms with Crippen molar-refractivity contribution in [3.05, 3.63) is 86.4 Å². The lowest BCUT2D eigenvalue weighted by Crippen LogP contribution is -2.35. The van der Waals surface area contributed by atoms with Gasteiger partial charge in [0, 0.05) is 31.9 Å². The molecule has 0 radical (unpaired) electrons. The number of unbranched alkanes of at least 4 members (excludes halogenated alkanes) is 2. The van der Waals surface area contributed by atoms with Crippen molar-refractivity contribution in [1.82, 2.24) is 14.7 Å². The summed E-state index contributed by atoms with van der Waals surface area (Å²) in [5, 5.41) is 14.0. The number of carbonyl (C=O) groups is 3. The van der Waals surface area contributed by atoms with E-state index in [1.165, 1.54) is 6.92 Å². The lowest BCUT2D eigenvalue weighted by Gasteiger charge is -2.16. The minimum absolute atomic E-state index is 0.000415. The second-order valence-electron chi connectivity index (χ2n) is 10.6. The topological polar surface area (TPSA) is 217 Å². The van der Waals surface area contributed by atoms with E-state index in [2.05, 4.69) is 14.9 Å². The van der Waals surface area contributed by atoms with E-state index in [1.807, 2.05) is 43.3 Å². The summed E-state index contributed by atoms with van der Waals surface area (Å²) in [6, 6.07) is 14.7. The molecule has 17 heteroatoms. The van der Waals surface area contributed by atoms with Gasteiger partial charge in [0.1, 0.15) is 5.82 Å². The molecule has 0 aliphatic heterocycles. The standard InChI is InChI=1S/C32H40ClN7O9/c1-4-6-13-26-36-29(33)28(31(42)48-21(3)49-32(43)46-5-2)38(26)20-22-15-17-23(18-16-22)24-11-7-8-12-25(24)30(34)37-39(35)27(41)14-9-10-19-47-40(44)45/h7-8,11-12,15-18,21H,4-6,9-10,13-14,19-20,35H2,1-3H3,(H2,34,37). The molecule has 0 saturated heterocycles. The summed E-state index contributed by atoms with van der Waals surface area (Å²) in [5.41, 5.74) is 9.17. The molecule has 0 spiro atoms. The minimum Gasteiger partial charge on any atom is -0.435 e. The maximum atomic E-state index is 13.2. The molecular formula is C32H40ClN7O9. The third kappa shape index (κ3) is 11.5. The van der Waals surface area contributed by atoms with E-state index >= 15 is 0 Å². The Morgan fingerprint density at radius 2 is 1.80 bits per heavy atom. The van der Waals surface area contributed by atoms with Crippen molar-refractivity contribution in [2.24, 2.45) is 16.7 Å². The molecular weight excluding hydrogens is 662 g/mol. The highest BCUT2D eigenvalue weighted by Crippen LogP contribution is 2.26. The number of amides is 1. The van der Waals surface area contributed by atoms with Crippen molar-refractivity contribution in [1.29, 1.82) is 0 Å². The molecule has 1 heterocycles.